The highest BCUT2D eigenvalue weighted by molar-refractivity contribution is 5.83. The van der Waals surface area contributed by atoms with Gasteiger partial charge >= 0.3 is 0 Å². The van der Waals surface area contributed by atoms with Crippen LogP contribution in [0, 0.1) is 5.41 Å². The van der Waals surface area contributed by atoms with Crippen LogP contribution in [0.15, 0.2) is 24.3 Å². The lowest BCUT2D eigenvalue weighted by atomic mass is 9.79. The van der Waals surface area contributed by atoms with Gasteiger partial charge in [-0.15, -0.1) is 0 Å². The zero-order chi connectivity index (χ0) is 14.6. The Labute approximate surface area is 119 Å². The molecule has 1 aromatic carbocycles. The van der Waals surface area contributed by atoms with Gasteiger partial charge in [-0.05, 0) is 37.5 Å². The van der Waals surface area contributed by atoms with Crippen LogP contribution in [0.3, 0.4) is 0 Å². The van der Waals surface area contributed by atoms with E-state index in [1.165, 1.54) is 0 Å². The number of rotatable bonds is 4. The number of hydrogen-bond acceptors (Lipinski definition) is 4. The van der Waals surface area contributed by atoms with Crippen LogP contribution in [-0.2, 0) is 9.53 Å². The van der Waals surface area contributed by atoms with Crippen molar-refractivity contribution in [1.29, 1.82) is 0 Å². The van der Waals surface area contributed by atoms with E-state index in [1.54, 1.807) is 18.2 Å². The minimum absolute atomic E-state index is 0.0286. The number of nitrogens with one attached hydrogen (secondary N) is 1. The number of ether oxygens (including phenoxy) is 1. The second-order valence-electron chi connectivity index (χ2n) is 5.39. The lowest BCUT2D eigenvalue weighted by molar-refractivity contribution is -0.136. The van der Waals surface area contributed by atoms with Gasteiger partial charge in [0.05, 0.1) is 11.5 Å². The molecule has 110 valence electrons. The first-order valence-corrected chi connectivity index (χ1v) is 6.95. The molecule has 5 nitrogen and oxygen atoms in total. The fraction of sp³-hybridized carbons (Fsp3) is 0.533. The van der Waals surface area contributed by atoms with E-state index in [9.17, 15) is 9.90 Å². The van der Waals surface area contributed by atoms with Gasteiger partial charge in [0.2, 0.25) is 5.91 Å². The van der Waals surface area contributed by atoms with Crippen molar-refractivity contribution in [2.45, 2.75) is 25.8 Å². The van der Waals surface area contributed by atoms with Crippen LogP contribution in [0.1, 0.15) is 31.4 Å². The topological polar surface area (TPSA) is 84.6 Å². The normalized spacial score (nSPS) is 19.3. The minimum atomic E-state index is -0.524. The number of aromatic hydroxyl groups is 1. The molecule has 0 aliphatic carbocycles. The van der Waals surface area contributed by atoms with Gasteiger partial charge < -0.3 is 20.9 Å². The minimum Gasteiger partial charge on any atom is -0.508 e. The number of nitrogens with two attached hydrogens (primary N) is 1. The molecule has 0 bridgehead atoms. The molecule has 20 heavy (non-hydrogen) atoms. The highest BCUT2D eigenvalue weighted by atomic mass is 16.5. The van der Waals surface area contributed by atoms with Gasteiger partial charge in [-0.2, -0.15) is 0 Å². The van der Waals surface area contributed by atoms with E-state index >= 15 is 0 Å². The number of phenolic OH excluding ortho intramolecular Hbond substituents is 1. The number of benzene rings is 1. The summed E-state index contributed by atoms with van der Waals surface area (Å²) in [5.41, 5.74) is 6.17. The Hall–Kier alpha value is -1.59. The average Bonchev–Trinajstić information content (AvgIpc) is 2.47. The van der Waals surface area contributed by atoms with Crippen molar-refractivity contribution < 1.29 is 14.6 Å². The van der Waals surface area contributed by atoms with E-state index in [0.717, 1.165) is 5.56 Å². The summed E-state index contributed by atoms with van der Waals surface area (Å²) in [6.07, 6.45) is 1.31. The third-order valence-electron chi connectivity index (χ3n) is 4.04. The maximum Gasteiger partial charge on any atom is 0.228 e. The van der Waals surface area contributed by atoms with Crippen molar-refractivity contribution in [3.8, 4) is 5.75 Å². The Morgan fingerprint density at radius 3 is 2.80 bits per heavy atom. The predicted octanol–water partition coefficient (Wildman–Crippen LogP) is 1.32. The molecule has 1 heterocycles. The highest BCUT2D eigenvalue weighted by Crippen LogP contribution is 2.30. The SMILES string of the molecule is CC(NC(=O)C1(CN)CCOCC1)c1cccc(O)c1. The number of carbonyl (C=O) groups excluding carboxylic acids is 1. The number of carbonyl (C=O) groups is 1. The molecule has 2 rings (SSSR count). The van der Waals surface area contributed by atoms with E-state index in [1.807, 2.05) is 13.0 Å². The quantitative estimate of drug-likeness (QED) is 0.775. The predicted molar refractivity (Wildman–Crippen MR) is 76.2 cm³/mol. The fourth-order valence-electron chi connectivity index (χ4n) is 2.51. The van der Waals surface area contributed by atoms with Gasteiger partial charge in [-0.1, -0.05) is 12.1 Å². The molecule has 1 aromatic rings. The van der Waals surface area contributed by atoms with Crippen molar-refractivity contribution in [1.82, 2.24) is 5.32 Å². The first-order valence-electron chi connectivity index (χ1n) is 6.95. The number of phenols is 1. The molecular weight excluding hydrogens is 256 g/mol. The lowest BCUT2D eigenvalue weighted by Gasteiger charge is -2.35. The highest BCUT2D eigenvalue weighted by Gasteiger charge is 2.39. The summed E-state index contributed by atoms with van der Waals surface area (Å²) in [7, 11) is 0. The Balaban J connectivity index is 2.06. The van der Waals surface area contributed by atoms with Crippen LogP contribution in [0.5, 0.6) is 5.75 Å². The smallest absolute Gasteiger partial charge is 0.228 e. The molecule has 1 aliphatic heterocycles. The van der Waals surface area contributed by atoms with Gasteiger partial charge in [-0.25, -0.2) is 0 Å². The van der Waals surface area contributed by atoms with E-state index in [4.69, 9.17) is 10.5 Å². The molecule has 1 amide bonds. The summed E-state index contributed by atoms with van der Waals surface area (Å²) in [6, 6.07) is 6.74. The van der Waals surface area contributed by atoms with Crippen LogP contribution < -0.4 is 11.1 Å². The van der Waals surface area contributed by atoms with Gasteiger partial charge in [0, 0.05) is 19.8 Å². The van der Waals surface area contributed by atoms with Crippen molar-refractivity contribution in [2.75, 3.05) is 19.8 Å². The van der Waals surface area contributed by atoms with Crippen LogP contribution >= 0.6 is 0 Å². The molecule has 0 radical (unpaired) electrons. The lowest BCUT2D eigenvalue weighted by Crippen LogP contribution is -2.49. The molecule has 1 saturated heterocycles. The summed E-state index contributed by atoms with van der Waals surface area (Å²) in [4.78, 5) is 12.5. The fourth-order valence-corrected chi connectivity index (χ4v) is 2.51. The molecule has 0 spiro atoms. The van der Waals surface area contributed by atoms with Gasteiger partial charge in [0.1, 0.15) is 5.75 Å². The first-order chi connectivity index (χ1) is 9.57. The second-order valence-corrected chi connectivity index (χ2v) is 5.39. The zero-order valence-corrected chi connectivity index (χ0v) is 11.8. The maximum atomic E-state index is 12.5. The Morgan fingerprint density at radius 1 is 1.50 bits per heavy atom. The van der Waals surface area contributed by atoms with Crippen LogP contribution in [0.25, 0.3) is 0 Å². The second kappa shape index (κ2) is 6.24. The molecule has 1 unspecified atom stereocenters. The van der Waals surface area contributed by atoms with Crippen molar-refractivity contribution in [3.05, 3.63) is 29.8 Å². The molecule has 1 atom stereocenters. The Morgan fingerprint density at radius 2 is 2.20 bits per heavy atom. The largest absolute Gasteiger partial charge is 0.508 e. The summed E-state index contributed by atoms with van der Waals surface area (Å²) in [5, 5.41) is 12.5. The Kier molecular flexibility index (Phi) is 4.62. The average molecular weight is 278 g/mol. The summed E-state index contributed by atoms with van der Waals surface area (Å²) >= 11 is 0. The number of hydrogen-bond donors (Lipinski definition) is 3. The summed E-state index contributed by atoms with van der Waals surface area (Å²) in [5.74, 6) is 0.169. The molecule has 0 aromatic heterocycles. The van der Waals surface area contributed by atoms with E-state index in [2.05, 4.69) is 5.32 Å². The zero-order valence-electron chi connectivity index (χ0n) is 11.8. The Bertz CT molecular complexity index is 470. The molecule has 5 heteroatoms. The molecular formula is C15H22N2O3. The third-order valence-corrected chi connectivity index (χ3v) is 4.04. The molecule has 1 aliphatic rings. The van der Waals surface area contributed by atoms with E-state index in [-0.39, 0.29) is 17.7 Å². The van der Waals surface area contributed by atoms with Crippen molar-refractivity contribution >= 4 is 5.91 Å². The van der Waals surface area contributed by atoms with Crippen LogP contribution in [-0.4, -0.2) is 30.8 Å². The van der Waals surface area contributed by atoms with Crippen molar-refractivity contribution in [2.24, 2.45) is 11.1 Å². The van der Waals surface area contributed by atoms with Crippen LogP contribution in [0.4, 0.5) is 0 Å². The van der Waals surface area contributed by atoms with Gasteiger partial charge in [0.25, 0.3) is 0 Å². The molecule has 1 fully saturated rings. The van der Waals surface area contributed by atoms with E-state index < -0.39 is 5.41 Å². The standard InChI is InChI=1S/C15H22N2O3/c1-11(12-3-2-4-13(18)9-12)17-14(19)15(10-16)5-7-20-8-6-15/h2-4,9,11,18H,5-8,10,16H2,1H3,(H,17,19). The maximum absolute atomic E-state index is 12.5. The van der Waals surface area contributed by atoms with Crippen LogP contribution in [0.2, 0.25) is 0 Å². The first kappa shape index (κ1) is 14.8. The molecule has 4 N–H and O–H groups in total. The monoisotopic (exact) mass is 278 g/mol. The molecule has 0 saturated carbocycles. The van der Waals surface area contributed by atoms with Crippen molar-refractivity contribution in [3.63, 3.8) is 0 Å². The summed E-state index contributed by atoms with van der Waals surface area (Å²) in [6.45, 7) is 3.38. The third kappa shape index (κ3) is 3.11. The van der Waals surface area contributed by atoms with Gasteiger partial charge in [0.15, 0.2) is 0 Å². The number of amides is 1. The summed E-state index contributed by atoms with van der Waals surface area (Å²) < 4.78 is 5.31. The van der Waals surface area contributed by atoms with E-state index in [0.29, 0.717) is 32.6 Å². The van der Waals surface area contributed by atoms with Gasteiger partial charge in [-0.3, -0.25) is 4.79 Å².